The molecule has 0 N–H and O–H groups in total. The minimum absolute atomic E-state index is 0.00965. The van der Waals surface area contributed by atoms with Gasteiger partial charge in [0, 0.05) is 23.3 Å². The smallest absolute Gasteiger partial charge is 0.466 e. The molecule has 7 nitrogen and oxygen atoms in total. The number of ether oxygens (including phenoxy) is 5. The quantitative estimate of drug-likeness (QED) is 0.280. The molecule has 0 saturated carbocycles. The predicted octanol–water partition coefficient (Wildman–Crippen LogP) is 2.84. The van der Waals surface area contributed by atoms with Gasteiger partial charge in [0.1, 0.15) is 6.10 Å². The summed E-state index contributed by atoms with van der Waals surface area (Å²) >= 11 is 6.16. The summed E-state index contributed by atoms with van der Waals surface area (Å²) in [6.45, 7) is 6.31. The second-order valence-corrected chi connectivity index (χ2v) is 8.36. The number of hydrogen-bond donors (Lipinski definition) is 0. The monoisotopic (exact) mass is 402 g/mol. The average molecular weight is 403 g/mol. The molecule has 0 aromatic carbocycles. The minimum atomic E-state index is -0.670. The summed E-state index contributed by atoms with van der Waals surface area (Å²) in [5.41, 5.74) is 0.794. The van der Waals surface area contributed by atoms with Crippen molar-refractivity contribution >= 4 is 23.7 Å². The zero-order valence-electron chi connectivity index (χ0n) is 16.1. The number of rotatable bonds is 7. The Bertz CT molecular complexity index is 605. The molecule has 152 valence electrons. The first-order valence-corrected chi connectivity index (χ1v) is 9.77. The third kappa shape index (κ3) is 4.76. The maximum Gasteiger partial charge on any atom is 0.509 e. The predicted molar refractivity (Wildman–Crippen MR) is 96.5 cm³/mol. The highest BCUT2D eigenvalue weighted by Crippen LogP contribution is 2.41. The summed E-state index contributed by atoms with van der Waals surface area (Å²) < 4.78 is 27.2. The summed E-state index contributed by atoms with van der Waals surface area (Å²) in [5.74, 6) is -0.148. The van der Waals surface area contributed by atoms with Crippen molar-refractivity contribution < 1.29 is 33.3 Å². The number of epoxide rings is 1. The summed E-state index contributed by atoms with van der Waals surface area (Å²) in [4.78, 5) is 23.1. The molecule has 3 fully saturated rings. The molecular weight excluding hydrogens is 376 g/mol. The van der Waals surface area contributed by atoms with E-state index in [1.54, 1.807) is 0 Å². The third-order valence-electron chi connectivity index (χ3n) is 5.63. The van der Waals surface area contributed by atoms with Crippen molar-refractivity contribution in [3.05, 3.63) is 11.6 Å². The molecule has 0 aromatic rings. The SMILES string of the molecule is COC(=O)/C=C(\C)C[C@@H]1OC[C@H](C[C@@H]2O[C@H]2[C@@H](C)[C@@H](C)Cl)[C@H]2OC(=O)O[C@H]21. The molecule has 8 atom stereocenters. The van der Waals surface area contributed by atoms with E-state index in [1.807, 2.05) is 13.8 Å². The van der Waals surface area contributed by atoms with Gasteiger partial charge in [0.05, 0.1) is 25.9 Å². The lowest BCUT2D eigenvalue weighted by Crippen LogP contribution is -2.48. The van der Waals surface area contributed by atoms with E-state index < -0.39 is 18.2 Å². The first-order valence-electron chi connectivity index (χ1n) is 9.33. The molecule has 3 rings (SSSR count). The maximum atomic E-state index is 11.7. The fourth-order valence-corrected chi connectivity index (χ4v) is 4.00. The lowest BCUT2D eigenvalue weighted by Gasteiger charge is -2.36. The first-order chi connectivity index (χ1) is 12.8. The van der Waals surface area contributed by atoms with Crippen molar-refractivity contribution in [2.45, 2.75) is 69.5 Å². The van der Waals surface area contributed by atoms with Crippen LogP contribution in [0.5, 0.6) is 0 Å². The second-order valence-electron chi connectivity index (χ2n) is 7.68. The van der Waals surface area contributed by atoms with E-state index in [4.69, 9.17) is 30.5 Å². The second kappa shape index (κ2) is 8.37. The number of carbonyl (C=O) groups is 2. The van der Waals surface area contributed by atoms with Gasteiger partial charge < -0.3 is 23.7 Å². The number of halogens is 1. The lowest BCUT2D eigenvalue weighted by molar-refractivity contribution is -0.135. The summed E-state index contributed by atoms with van der Waals surface area (Å²) in [6.07, 6.45) is 0.980. The van der Waals surface area contributed by atoms with Gasteiger partial charge in [-0.15, -0.1) is 11.6 Å². The Balaban J connectivity index is 1.60. The molecule has 3 heterocycles. The van der Waals surface area contributed by atoms with Crippen LogP contribution in [0.15, 0.2) is 11.6 Å². The van der Waals surface area contributed by atoms with E-state index in [1.165, 1.54) is 13.2 Å². The Hall–Kier alpha value is -1.31. The van der Waals surface area contributed by atoms with Crippen LogP contribution >= 0.6 is 11.6 Å². The van der Waals surface area contributed by atoms with Crippen LogP contribution in [0.4, 0.5) is 4.79 Å². The molecule has 0 radical (unpaired) electrons. The number of alkyl halides is 1. The molecule has 0 amide bonds. The normalized spacial score (nSPS) is 37.7. The van der Waals surface area contributed by atoms with Crippen molar-refractivity contribution in [3.63, 3.8) is 0 Å². The van der Waals surface area contributed by atoms with Gasteiger partial charge in [-0.3, -0.25) is 0 Å². The van der Waals surface area contributed by atoms with Crippen LogP contribution in [0.25, 0.3) is 0 Å². The third-order valence-corrected chi connectivity index (χ3v) is 6.03. The minimum Gasteiger partial charge on any atom is -0.466 e. The van der Waals surface area contributed by atoms with Gasteiger partial charge >= 0.3 is 12.1 Å². The maximum absolute atomic E-state index is 11.7. The molecule has 0 bridgehead atoms. The van der Waals surface area contributed by atoms with E-state index in [9.17, 15) is 9.59 Å². The Kier molecular flexibility index (Phi) is 6.33. The highest BCUT2D eigenvalue weighted by atomic mass is 35.5. The molecule has 0 unspecified atom stereocenters. The van der Waals surface area contributed by atoms with Gasteiger partial charge in [0.2, 0.25) is 0 Å². The fourth-order valence-electron chi connectivity index (χ4n) is 3.85. The van der Waals surface area contributed by atoms with Crippen LogP contribution < -0.4 is 0 Å². The molecule has 0 aromatic heterocycles. The van der Waals surface area contributed by atoms with E-state index in [0.717, 1.165) is 12.0 Å². The number of carbonyl (C=O) groups excluding carboxylic acids is 2. The first kappa shape index (κ1) is 20.4. The zero-order chi connectivity index (χ0) is 19.7. The Morgan fingerprint density at radius 1 is 1.30 bits per heavy atom. The molecule has 3 aliphatic rings. The number of methoxy groups -OCH3 is 1. The van der Waals surface area contributed by atoms with Crippen molar-refractivity contribution in [3.8, 4) is 0 Å². The lowest BCUT2D eigenvalue weighted by atomic mass is 9.85. The van der Waals surface area contributed by atoms with Crippen LogP contribution in [-0.4, -0.2) is 61.7 Å². The largest absolute Gasteiger partial charge is 0.509 e. The molecule has 0 aliphatic carbocycles. The van der Waals surface area contributed by atoms with Crippen molar-refractivity contribution in [2.75, 3.05) is 13.7 Å². The summed E-state index contributed by atoms with van der Waals surface area (Å²) in [6, 6.07) is 0. The average Bonchev–Trinajstić information content (AvgIpc) is 3.26. The van der Waals surface area contributed by atoms with Crippen LogP contribution in [-0.2, 0) is 28.5 Å². The van der Waals surface area contributed by atoms with Crippen LogP contribution in [0.3, 0.4) is 0 Å². The molecule has 3 saturated heterocycles. The molecular formula is C19H27ClO7. The van der Waals surface area contributed by atoms with E-state index in [0.29, 0.717) is 13.0 Å². The highest BCUT2D eigenvalue weighted by Gasteiger charge is 2.53. The number of hydrogen-bond acceptors (Lipinski definition) is 7. The fraction of sp³-hybridized carbons (Fsp3) is 0.789. The van der Waals surface area contributed by atoms with Gasteiger partial charge in [-0.25, -0.2) is 9.59 Å². The van der Waals surface area contributed by atoms with Gasteiger partial charge in [-0.1, -0.05) is 12.5 Å². The van der Waals surface area contributed by atoms with E-state index in [-0.39, 0.29) is 41.6 Å². The topological polar surface area (TPSA) is 83.6 Å². The van der Waals surface area contributed by atoms with Crippen molar-refractivity contribution in [2.24, 2.45) is 11.8 Å². The van der Waals surface area contributed by atoms with Crippen LogP contribution in [0.1, 0.15) is 33.6 Å². The highest BCUT2D eigenvalue weighted by molar-refractivity contribution is 6.20. The van der Waals surface area contributed by atoms with Crippen LogP contribution in [0.2, 0.25) is 0 Å². The number of esters is 1. The molecule has 27 heavy (non-hydrogen) atoms. The Morgan fingerprint density at radius 2 is 2.00 bits per heavy atom. The van der Waals surface area contributed by atoms with Crippen molar-refractivity contribution in [1.82, 2.24) is 0 Å². The van der Waals surface area contributed by atoms with Gasteiger partial charge in [-0.05, 0) is 26.7 Å². The Labute approximate surface area is 164 Å². The molecule has 3 aliphatic heterocycles. The van der Waals surface area contributed by atoms with Gasteiger partial charge in [0.15, 0.2) is 12.2 Å². The molecule has 8 heteroatoms. The van der Waals surface area contributed by atoms with Gasteiger partial charge in [-0.2, -0.15) is 0 Å². The van der Waals surface area contributed by atoms with Crippen LogP contribution in [0, 0.1) is 11.8 Å². The van der Waals surface area contributed by atoms with Gasteiger partial charge in [0.25, 0.3) is 0 Å². The molecule has 0 spiro atoms. The van der Waals surface area contributed by atoms with Crippen molar-refractivity contribution in [1.29, 1.82) is 0 Å². The van der Waals surface area contributed by atoms with E-state index >= 15 is 0 Å². The summed E-state index contributed by atoms with van der Waals surface area (Å²) in [5, 5.41) is 0.0388. The number of fused-ring (bicyclic) bond motifs is 1. The zero-order valence-corrected chi connectivity index (χ0v) is 16.8. The Morgan fingerprint density at radius 3 is 2.67 bits per heavy atom. The van der Waals surface area contributed by atoms with E-state index in [2.05, 4.69) is 11.7 Å². The standard InChI is InChI=1S/C19H27ClO7/c1-9(6-15(21)23-4)5-13-18-17(26-19(22)27-18)12(8-24-13)7-14-16(25-14)10(2)11(3)20/h6,10-14,16-18H,5,7-8H2,1-4H3/b9-6+/t10-,11+,12-,13-,14-,16-,17+,18-/m0/s1. The summed E-state index contributed by atoms with van der Waals surface area (Å²) in [7, 11) is 1.33.